The third-order valence-electron chi connectivity index (χ3n) is 6.30. The van der Waals surface area contributed by atoms with Gasteiger partial charge in [-0.25, -0.2) is 4.79 Å². The monoisotopic (exact) mass is 521 g/mol. The molecule has 0 radical (unpaired) electrons. The molecule has 3 aliphatic rings. The quantitative estimate of drug-likeness (QED) is 0.364. The molecule has 1 saturated heterocycles. The highest BCUT2D eigenvalue weighted by Crippen LogP contribution is 2.38. The zero-order valence-electron chi connectivity index (χ0n) is 19.2. The highest BCUT2D eigenvalue weighted by atomic mass is 32.1. The van der Waals surface area contributed by atoms with Crippen molar-refractivity contribution in [2.75, 3.05) is 6.61 Å². The van der Waals surface area contributed by atoms with E-state index in [9.17, 15) is 14.4 Å². The molecule has 8 nitrogen and oxygen atoms in total. The number of hydroxylamine groups is 2. The number of carbonyl (C=O) groups excluding carboxylic acids is 3. The van der Waals surface area contributed by atoms with E-state index in [1.54, 1.807) is 54.6 Å². The summed E-state index contributed by atoms with van der Waals surface area (Å²) < 4.78 is 39.6. The zero-order chi connectivity index (χ0) is 25.7. The van der Waals surface area contributed by atoms with Crippen molar-refractivity contribution in [1.29, 1.82) is 0 Å². The first-order valence-corrected chi connectivity index (χ1v) is 12.3. The van der Waals surface area contributed by atoms with E-state index < -0.39 is 31.4 Å². The van der Waals surface area contributed by atoms with Crippen LogP contribution in [0.15, 0.2) is 71.8 Å². The minimum absolute atomic E-state index is 0.00302. The third-order valence-corrected chi connectivity index (χ3v) is 7.19. The van der Waals surface area contributed by atoms with E-state index in [0.717, 1.165) is 13.8 Å². The first-order valence-electron chi connectivity index (χ1n) is 11.5. The lowest BCUT2D eigenvalue weighted by Crippen LogP contribution is -2.50. The van der Waals surface area contributed by atoms with E-state index in [1.807, 2.05) is 17.5 Å². The molecule has 0 saturated carbocycles. The highest BCUT2D eigenvalue weighted by Gasteiger charge is 2.52. The Hall–Kier alpha value is -4.32. The van der Waals surface area contributed by atoms with E-state index >= 15 is 8.63 Å². The van der Waals surface area contributed by atoms with Gasteiger partial charge in [0.15, 0.2) is 18.0 Å². The van der Waals surface area contributed by atoms with Crippen molar-refractivity contribution in [2.24, 2.45) is 0 Å². The van der Waals surface area contributed by atoms with Crippen molar-refractivity contribution >= 4 is 47.9 Å². The molecule has 0 bridgehead atoms. The molecule has 3 aromatic rings. The number of fused-ring (bicyclic) bond motifs is 2. The lowest BCUT2D eigenvalue weighted by atomic mass is 9.90. The van der Waals surface area contributed by atoms with Crippen molar-refractivity contribution in [2.45, 2.75) is 12.8 Å². The molecule has 5 heterocycles. The van der Waals surface area contributed by atoms with Gasteiger partial charge in [0.2, 0.25) is 0 Å². The highest BCUT2D eigenvalue weighted by molar-refractivity contribution is 7.13. The number of carbonyl (C=O) groups is 3. The average Bonchev–Trinajstić information content (AvgIpc) is 3.67. The minimum Gasteiger partial charge on any atom is -0.482 e. The SMILES string of the molecule is O=C(COc1ccc(C2=[N+]3C(=Cc4ccc(-c5cccs5)n4[B-]3(F)F)C=C2)cc1)ON1C(=O)CCC1=O. The van der Waals surface area contributed by atoms with E-state index in [2.05, 4.69) is 0 Å². The number of amides is 2. The first kappa shape index (κ1) is 23.1. The summed E-state index contributed by atoms with van der Waals surface area (Å²) in [6.07, 6.45) is 5.04. The number of benzene rings is 1. The number of imide groups is 1. The average molecular weight is 521 g/mol. The van der Waals surface area contributed by atoms with Gasteiger partial charge in [-0.1, -0.05) is 6.07 Å². The molecule has 0 spiro atoms. The normalized spacial score (nSPS) is 17.7. The second kappa shape index (κ2) is 8.66. The second-order valence-electron chi connectivity index (χ2n) is 8.60. The van der Waals surface area contributed by atoms with Gasteiger partial charge in [-0.05, 0) is 47.8 Å². The van der Waals surface area contributed by atoms with Gasteiger partial charge in [0.1, 0.15) is 5.75 Å². The number of nitrogens with zero attached hydrogens (tertiary/aromatic N) is 3. The summed E-state index contributed by atoms with van der Waals surface area (Å²) in [5.74, 6) is -1.77. The molecule has 0 atom stereocenters. The summed E-state index contributed by atoms with van der Waals surface area (Å²) in [5.41, 5.74) is 2.18. The Morgan fingerprint density at radius 1 is 1.03 bits per heavy atom. The smallest absolute Gasteiger partial charge is 0.482 e. The van der Waals surface area contributed by atoms with Crippen molar-refractivity contribution in [3.8, 4) is 16.3 Å². The van der Waals surface area contributed by atoms with Crippen LogP contribution < -0.4 is 4.74 Å². The maximum absolute atomic E-state index is 16.0. The molecule has 6 rings (SSSR count). The molecule has 186 valence electrons. The number of thiophene rings is 1. The number of hydrogen-bond donors (Lipinski definition) is 0. The van der Waals surface area contributed by atoms with Gasteiger partial charge in [-0.2, -0.15) is 0 Å². The maximum Gasteiger partial charge on any atom is 0.737 e. The summed E-state index contributed by atoms with van der Waals surface area (Å²) >= 11 is 1.41. The van der Waals surface area contributed by atoms with Crippen LogP contribution in [0.4, 0.5) is 8.63 Å². The molecule has 0 aliphatic carbocycles. The molecule has 0 N–H and O–H groups in total. The van der Waals surface area contributed by atoms with Crippen molar-refractivity contribution in [1.82, 2.24) is 9.54 Å². The van der Waals surface area contributed by atoms with Gasteiger partial charge in [0.05, 0.1) is 0 Å². The molecule has 37 heavy (non-hydrogen) atoms. The summed E-state index contributed by atoms with van der Waals surface area (Å²) in [4.78, 5) is 40.6. The Balaban J connectivity index is 1.22. The van der Waals surface area contributed by atoms with Crippen LogP contribution in [0.5, 0.6) is 5.75 Å². The van der Waals surface area contributed by atoms with Crippen LogP contribution in [0, 0.1) is 0 Å². The lowest BCUT2D eigenvalue weighted by molar-refractivity contribution is -0.360. The lowest BCUT2D eigenvalue weighted by Gasteiger charge is -2.30. The molecule has 1 aromatic carbocycles. The van der Waals surface area contributed by atoms with Gasteiger partial charge in [-0.15, -0.1) is 16.4 Å². The van der Waals surface area contributed by atoms with Crippen molar-refractivity contribution in [3.63, 3.8) is 0 Å². The van der Waals surface area contributed by atoms with Gasteiger partial charge >= 0.3 is 12.9 Å². The molecule has 1 fully saturated rings. The van der Waals surface area contributed by atoms with Gasteiger partial charge in [-0.3, -0.25) is 9.59 Å². The Labute approximate surface area is 213 Å². The van der Waals surface area contributed by atoms with E-state index in [1.165, 1.54) is 11.3 Å². The van der Waals surface area contributed by atoms with Crippen LogP contribution in [0.25, 0.3) is 16.6 Å². The van der Waals surface area contributed by atoms with Crippen LogP contribution in [0.3, 0.4) is 0 Å². The van der Waals surface area contributed by atoms with Gasteiger partial charge in [0, 0.05) is 52.9 Å². The predicted octanol–water partition coefficient (Wildman–Crippen LogP) is 3.85. The van der Waals surface area contributed by atoms with Crippen LogP contribution in [0.2, 0.25) is 0 Å². The Morgan fingerprint density at radius 2 is 1.78 bits per heavy atom. The van der Waals surface area contributed by atoms with Gasteiger partial charge < -0.3 is 27.2 Å². The Bertz CT molecular complexity index is 1520. The zero-order valence-corrected chi connectivity index (χ0v) is 20.0. The standard InChI is InChI=1S/C25H18BF2N3O5S/c27-26(28)29-17(14-18-6-10-21(30(18)26)22-2-1-13-37-22)5-9-20(29)16-3-7-19(8-4-16)35-15-25(34)36-31-23(32)11-12-24(31)33/h1-10,13-14H,11-12,15H2. The number of allylic oxidation sites excluding steroid dienone is 2. The van der Waals surface area contributed by atoms with Crippen molar-refractivity contribution < 1.29 is 37.1 Å². The second-order valence-corrected chi connectivity index (χ2v) is 9.54. The summed E-state index contributed by atoms with van der Waals surface area (Å²) in [7, 11) is 0. The number of rotatable bonds is 6. The molecule has 2 amide bonds. The van der Waals surface area contributed by atoms with Crippen LogP contribution >= 0.6 is 11.3 Å². The summed E-state index contributed by atoms with van der Waals surface area (Å²) in [5, 5.41) is 2.30. The molecule has 0 unspecified atom stereocenters. The molecule has 3 aliphatic heterocycles. The minimum atomic E-state index is -4.17. The fraction of sp³-hybridized carbons (Fsp3) is 0.120. The first-order chi connectivity index (χ1) is 17.8. The molecule has 2 aromatic heterocycles. The molecular formula is C25H18BF2N3O5S. The van der Waals surface area contributed by atoms with Crippen LogP contribution in [-0.4, -0.2) is 51.1 Å². The van der Waals surface area contributed by atoms with Crippen LogP contribution in [-0.2, 0) is 19.2 Å². The maximum atomic E-state index is 16.0. The van der Waals surface area contributed by atoms with E-state index in [-0.39, 0.29) is 12.8 Å². The van der Waals surface area contributed by atoms with E-state index in [0.29, 0.717) is 39.2 Å². The topological polar surface area (TPSA) is 80.8 Å². The van der Waals surface area contributed by atoms with Crippen molar-refractivity contribution in [3.05, 3.63) is 83.0 Å². The number of aromatic nitrogens is 1. The largest absolute Gasteiger partial charge is 0.737 e. The molecular weight excluding hydrogens is 503 g/mol. The Morgan fingerprint density at radius 3 is 2.49 bits per heavy atom. The number of hydrogen-bond acceptors (Lipinski definition) is 6. The van der Waals surface area contributed by atoms with Gasteiger partial charge in [0.25, 0.3) is 11.8 Å². The fourth-order valence-electron chi connectivity index (χ4n) is 4.63. The Kier molecular flexibility index (Phi) is 5.41. The third kappa shape index (κ3) is 3.89. The van der Waals surface area contributed by atoms with E-state index in [4.69, 9.17) is 9.57 Å². The van der Waals surface area contributed by atoms with Crippen LogP contribution in [0.1, 0.15) is 24.1 Å². The number of ether oxygens (including phenoxy) is 1. The fourth-order valence-corrected chi connectivity index (χ4v) is 5.38. The molecule has 12 heteroatoms. The summed E-state index contributed by atoms with van der Waals surface area (Å²) in [6.45, 7) is -4.71. The number of halogens is 2. The predicted molar refractivity (Wildman–Crippen MR) is 132 cm³/mol. The summed E-state index contributed by atoms with van der Waals surface area (Å²) in [6, 6.07) is 13.4.